The van der Waals surface area contributed by atoms with Gasteiger partial charge < -0.3 is 5.32 Å². The summed E-state index contributed by atoms with van der Waals surface area (Å²) in [6, 6.07) is 0.731. The Morgan fingerprint density at radius 3 is 1.94 bits per heavy atom. The van der Waals surface area contributed by atoms with Crippen molar-refractivity contribution in [2.75, 3.05) is 18.6 Å². The zero-order valence-corrected chi connectivity index (χ0v) is 12.7. The topological polar surface area (TPSA) is 12.0 Å². The molecular formula is C14H31NS. The van der Waals surface area contributed by atoms with E-state index in [1.165, 1.54) is 38.0 Å². The number of rotatable bonds is 10. The summed E-state index contributed by atoms with van der Waals surface area (Å²) < 4.78 is 0. The third-order valence-electron chi connectivity index (χ3n) is 2.72. The third-order valence-corrected chi connectivity index (χ3v) is 3.42. The Balaban J connectivity index is 3.65. The molecule has 0 aromatic heterocycles. The number of unbranched alkanes of at least 4 members (excludes halogenated alkanes) is 1. The molecule has 0 radical (unpaired) electrons. The van der Waals surface area contributed by atoms with E-state index in [1.54, 1.807) is 0 Å². The van der Waals surface area contributed by atoms with Crippen LogP contribution in [0.1, 0.15) is 53.4 Å². The monoisotopic (exact) mass is 245 g/mol. The van der Waals surface area contributed by atoms with E-state index in [4.69, 9.17) is 0 Å². The largest absolute Gasteiger partial charge is 0.314 e. The van der Waals surface area contributed by atoms with Crippen LogP contribution >= 0.6 is 11.8 Å². The Morgan fingerprint density at radius 2 is 1.50 bits per heavy atom. The van der Waals surface area contributed by atoms with Crippen LogP contribution in [0.15, 0.2) is 0 Å². The van der Waals surface area contributed by atoms with Gasteiger partial charge in [-0.15, -0.1) is 0 Å². The highest BCUT2D eigenvalue weighted by Gasteiger charge is 2.11. The fourth-order valence-corrected chi connectivity index (χ4v) is 2.57. The first-order chi connectivity index (χ1) is 7.56. The zero-order chi connectivity index (χ0) is 12.4. The van der Waals surface area contributed by atoms with Gasteiger partial charge in [-0.25, -0.2) is 0 Å². The molecule has 0 fully saturated rings. The van der Waals surface area contributed by atoms with Crippen LogP contribution < -0.4 is 5.32 Å². The second-order valence-electron chi connectivity index (χ2n) is 5.61. The summed E-state index contributed by atoms with van der Waals surface area (Å²) >= 11 is 1.95. The van der Waals surface area contributed by atoms with E-state index in [9.17, 15) is 0 Å². The first-order valence-electron chi connectivity index (χ1n) is 6.78. The maximum atomic E-state index is 3.73. The number of nitrogens with one attached hydrogen (secondary N) is 1. The van der Waals surface area contributed by atoms with Gasteiger partial charge in [-0.3, -0.25) is 0 Å². The summed E-state index contributed by atoms with van der Waals surface area (Å²) in [5.41, 5.74) is 0. The molecule has 1 N–H and O–H groups in total. The van der Waals surface area contributed by atoms with Crippen molar-refractivity contribution in [3.63, 3.8) is 0 Å². The summed E-state index contributed by atoms with van der Waals surface area (Å²) in [6.45, 7) is 10.5. The van der Waals surface area contributed by atoms with E-state index in [0.29, 0.717) is 0 Å². The van der Waals surface area contributed by atoms with Crippen LogP contribution in [0.5, 0.6) is 0 Å². The second-order valence-corrected chi connectivity index (χ2v) is 6.60. The van der Waals surface area contributed by atoms with Crippen molar-refractivity contribution < 1.29 is 0 Å². The maximum absolute atomic E-state index is 3.73. The van der Waals surface area contributed by atoms with E-state index in [0.717, 1.165) is 17.9 Å². The SMILES string of the molecule is CSCCCCNC(CC(C)C)CC(C)C. The van der Waals surface area contributed by atoms with Crippen LogP contribution in [0, 0.1) is 11.8 Å². The number of hydrogen-bond acceptors (Lipinski definition) is 2. The molecule has 98 valence electrons. The van der Waals surface area contributed by atoms with Gasteiger partial charge in [0.2, 0.25) is 0 Å². The van der Waals surface area contributed by atoms with Gasteiger partial charge >= 0.3 is 0 Å². The predicted octanol–water partition coefficient (Wildman–Crippen LogP) is 4.18. The van der Waals surface area contributed by atoms with E-state index in [-0.39, 0.29) is 0 Å². The summed E-state index contributed by atoms with van der Waals surface area (Å²) in [4.78, 5) is 0. The molecule has 16 heavy (non-hydrogen) atoms. The van der Waals surface area contributed by atoms with Crippen molar-refractivity contribution in [3.8, 4) is 0 Å². The van der Waals surface area contributed by atoms with Gasteiger partial charge in [-0.05, 0) is 56.1 Å². The van der Waals surface area contributed by atoms with Crippen LogP contribution in [0.2, 0.25) is 0 Å². The fourth-order valence-electron chi connectivity index (χ4n) is 2.08. The smallest absolute Gasteiger partial charge is 0.00719 e. The number of thioether (sulfide) groups is 1. The van der Waals surface area contributed by atoms with Crippen LogP contribution in [-0.4, -0.2) is 24.6 Å². The first-order valence-corrected chi connectivity index (χ1v) is 8.18. The van der Waals surface area contributed by atoms with Crippen molar-refractivity contribution >= 4 is 11.8 Å². The quantitative estimate of drug-likeness (QED) is 0.580. The van der Waals surface area contributed by atoms with Gasteiger partial charge in [0.25, 0.3) is 0 Å². The molecule has 1 nitrogen and oxygen atoms in total. The highest BCUT2D eigenvalue weighted by molar-refractivity contribution is 7.98. The lowest BCUT2D eigenvalue weighted by atomic mass is 9.95. The molecule has 0 saturated heterocycles. The molecule has 2 heteroatoms. The van der Waals surface area contributed by atoms with Crippen molar-refractivity contribution in [2.45, 2.75) is 59.4 Å². The van der Waals surface area contributed by atoms with Crippen LogP contribution in [0.3, 0.4) is 0 Å². The molecule has 0 saturated carbocycles. The Bertz CT molecular complexity index is 136. The normalized spacial score (nSPS) is 12.0. The average Bonchev–Trinajstić information content (AvgIpc) is 2.15. The lowest BCUT2D eigenvalue weighted by Crippen LogP contribution is -2.32. The number of hydrogen-bond donors (Lipinski definition) is 1. The second kappa shape index (κ2) is 10.5. The maximum Gasteiger partial charge on any atom is 0.00719 e. The van der Waals surface area contributed by atoms with Crippen molar-refractivity contribution in [1.82, 2.24) is 5.32 Å². The molecule has 0 aliphatic carbocycles. The summed E-state index contributed by atoms with van der Waals surface area (Å²) in [6.07, 6.45) is 7.51. The lowest BCUT2D eigenvalue weighted by molar-refractivity contribution is 0.358. The molecular weight excluding hydrogens is 214 g/mol. The van der Waals surface area contributed by atoms with Gasteiger partial charge in [0, 0.05) is 6.04 Å². The molecule has 0 atom stereocenters. The first kappa shape index (κ1) is 16.3. The zero-order valence-electron chi connectivity index (χ0n) is 11.9. The molecule has 0 aliphatic heterocycles. The van der Waals surface area contributed by atoms with E-state index < -0.39 is 0 Å². The predicted molar refractivity (Wildman–Crippen MR) is 78.3 cm³/mol. The Kier molecular flexibility index (Phi) is 10.7. The van der Waals surface area contributed by atoms with Crippen LogP contribution in [-0.2, 0) is 0 Å². The summed E-state index contributed by atoms with van der Waals surface area (Å²) in [5.74, 6) is 2.92. The van der Waals surface area contributed by atoms with Gasteiger partial charge in [0.05, 0.1) is 0 Å². The Morgan fingerprint density at radius 1 is 0.938 bits per heavy atom. The molecule has 0 aromatic rings. The highest BCUT2D eigenvalue weighted by Crippen LogP contribution is 2.13. The molecule has 0 aliphatic rings. The summed E-state index contributed by atoms with van der Waals surface area (Å²) in [7, 11) is 0. The van der Waals surface area contributed by atoms with E-state index >= 15 is 0 Å². The van der Waals surface area contributed by atoms with Gasteiger partial charge in [0.15, 0.2) is 0 Å². The van der Waals surface area contributed by atoms with Crippen molar-refractivity contribution in [1.29, 1.82) is 0 Å². The van der Waals surface area contributed by atoms with Crippen LogP contribution in [0.4, 0.5) is 0 Å². The fraction of sp³-hybridized carbons (Fsp3) is 1.00. The van der Waals surface area contributed by atoms with E-state index in [2.05, 4.69) is 39.3 Å². The van der Waals surface area contributed by atoms with Gasteiger partial charge in [0.1, 0.15) is 0 Å². The minimum atomic E-state index is 0.731. The van der Waals surface area contributed by atoms with Gasteiger partial charge in [-0.2, -0.15) is 11.8 Å². The molecule has 0 aromatic carbocycles. The molecule has 0 unspecified atom stereocenters. The summed E-state index contributed by atoms with van der Waals surface area (Å²) in [5, 5.41) is 3.73. The third kappa shape index (κ3) is 10.8. The Labute approximate surface area is 107 Å². The van der Waals surface area contributed by atoms with Gasteiger partial charge in [-0.1, -0.05) is 27.7 Å². The minimum absolute atomic E-state index is 0.731. The van der Waals surface area contributed by atoms with E-state index in [1.807, 2.05) is 11.8 Å². The Hall–Kier alpha value is 0.310. The minimum Gasteiger partial charge on any atom is -0.314 e. The molecule has 0 bridgehead atoms. The molecule has 0 amide bonds. The molecule has 0 spiro atoms. The van der Waals surface area contributed by atoms with Crippen molar-refractivity contribution in [2.24, 2.45) is 11.8 Å². The molecule has 0 heterocycles. The molecule has 0 rings (SSSR count). The average molecular weight is 245 g/mol. The lowest BCUT2D eigenvalue weighted by Gasteiger charge is -2.22. The highest BCUT2D eigenvalue weighted by atomic mass is 32.2. The standard InChI is InChI=1S/C14H31NS/c1-12(2)10-14(11-13(3)4)15-8-6-7-9-16-5/h12-15H,6-11H2,1-5H3. The van der Waals surface area contributed by atoms with Crippen LogP contribution in [0.25, 0.3) is 0 Å². The van der Waals surface area contributed by atoms with Crippen molar-refractivity contribution in [3.05, 3.63) is 0 Å².